The number of para-hydroxylation sites is 1. The van der Waals surface area contributed by atoms with Crippen molar-refractivity contribution in [2.45, 2.75) is 33.1 Å². The average molecular weight is 342 g/mol. The van der Waals surface area contributed by atoms with Gasteiger partial charge in [0.05, 0.1) is 11.4 Å². The minimum atomic E-state index is -0.320. The van der Waals surface area contributed by atoms with E-state index in [-0.39, 0.29) is 11.8 Å². The number of amides is 1. The molecule has 8 heteroatoms. The highest BCUT2D eigenvalue weighted by molar-refractivity contribution is 7.15. The van der Waals surface area contributed by atoms with Crippen molar-refractivity contribution in [1.29, 1.82) is 0 Å². The molecule has 0 aliphatic heterocycles. The Kier molecular flexibility index (Phi) is 4.66. The van der Waals surface area contributed by atoms with Gasteiger partial charge in [-0.05, 0) is 24.5 Å². The zero-order chi connectivity index (χ0) is 17.1. The molecular formula is C16H18N6OS. The summed E-state index contributed by atoms with van der Waals surface area (Å²) in [6.45, 7) is 6.01. The maximum Gasteiger partial charge on any atom is 0.279 e. The molecule has 0 saturated heterocycles. The first kappa shape index (κ1) is 16.3. The van der Waals surface area contributed by atoms with Crippen LogP contribution in [0.15, 0.2) is 30.3 Å². The van der Waals surface area contributed by atoms with Gasteiger partial charge in [-0.25, -0.2) is 4.68 Å². The number of aryl methyl sites for hydroxylation is 1. The van der Waals surface area contributed by atoms with Crippen LogP contribution in [0.25, 0.3) is 5.69 Å². The quantitative estimate of drug-likeness (QED) is 0.770. The first-order chi connectivity index (χ1) is 11.6. The lowest BCUT2D eigenvalue weighted by Crippen LogP contribution is -2.16. The van der Waals surface area contributed by atoms with Gasteiger partial charge in [-0.15, -0.1) is 15.3 Å². The number of nitrogens with one attached hydrogen (secondary N) is 1. The third kappa shape index (κ3) is 3.18. The summed E-state index contributed by atoms with van der Waals surface area (Å²) >= 11 is 1.36. The van der Waals surface area contributed by atoms with Crippen LogP contribution < -0.4 is 5.32 Å². The van der Waals surface area contributed by atoms with Crippen LogP contribution in [-0.4, -0.2) is 31.1 Å². The van der Waals surface area contributed by atoms with E-state index in [4.69, 9.17) is 0 Å². The summed E-state index contributed by atoms with van der Waals surface area (Å²) in [5.41, 5.74) is 1.94. The summed E-state index contributed by atoms with van der Waals surface area (Å²) in [5, 5.41) is 20.4. The van der Waals surface area contributed by atoms with Gasteiger partial charge in [-0.1, -0.05) is 55.5 Å². The Morgan fingerprint density at radius 2 is 1.96 bits per heavy atom. The molecule has 0 bridgehead atoms. The van der Waals surface area contributed by atoms with E-state index in [9.17, 15) is 4.79 Å². The monoisotopic (exact) mass is 342 g/mol. The number of carbonyl (C=O) groups excluding carboxylic acids is 1. The van der Waals surface area contributed by atoms with Gasteiger partial charge in [0, 0.05) is 0 Å². The first-order valence-corrected chi connectivity index (χ1v) is 8.56. The summed E-state index contributed by atoms with van der Waals surface area (Å²) < 4.78 is 1.71. The highest BCUT2D eigenvalue weighted by atomic mass is 32.1. The lowest BCUT2D eigenvalue weighted by Gasteiger charge is -2.10. The molecule has 0 aliphatic rings. The van der Waals surface area contributed by atoms with E-state index in [1.807, 2.05) is 51.1 Å². The molecule has 0 unspecified atom stereocenters. The molecule has 1 N–H and O–H groups in total. The molecule has 7 nitrogen and oxygen atoms in total. The van der Waals surface area contributed by atoms with Crippen LogP contribution in [0, 0.1) is 0 Å². The van der Waals surface area contributed by atoms with E-state index in [1.165, 1.54) is 11.3 Å². The van der Waals surface area contributed by atoms with Gasteiger partial charge in [0.15, 0.2) is 5.69 Å². The second kappa shape index (κ2) is 6.88. The Bertz CT molecular complexity index is 839. The minimum Gasteiger partial charge on any atom is -0.295 e. The summed E-state index contributed by atoms with van der Waals surface area (Å²) in [6.07, 6.45) is 0.787. The third-order valence-electron chi connectivity index (χ3n) is 3.46. The highest BCUT2D eigenvalue weighted by Crippen LogP contribution is 2.23. The zero-order valence-corrected chi connectivity index (χ0v) is 14.5. The van der Waals surface area contributed by atoms with Gasteiger partial charge >= 0.3 is 0 Å². The Balaban J connectivity index is 1.93. The molecule has 0 aliphatic carbocycles. The van der Waals surface area contributed by atoms with Gasteiger partial charge in [0.1, 0.15) is 5.01 Å². The molecule has 2 heterocycles. The lowest BCUT2D eigenvalue weighted by atomic mass is 10.1. The van der Waals surface area contributed by atoms with Crippen molar-refractivity contribution in [1.82, 2.24) is 25.2 Å². The number of benzene rings is 1. The van der Waals surface area contributed by atoms with E-state index in [0.29, 0.717) is 10.8 Å². The van der Waals surface area contributed by atoms with Crippen molar-refractivity contribution in [2.24, 2.45) is 0 Å². The SMILES string of the molecule is CCc1nnc(NC(=O)c2nnn(-c3ccccc3)c2C(C)C)s1. The summed E-state index contributed by atoms with van der Waals surface area (Å²) in [4.78, 5) is 12.6. The van der Waals surface area contributed by atoms with Crippen LogP contribution >= 0.6 is 11.3 Å². The molecule has 0 spiro atoms. The first-order valence-electron chi connectivity index (χ1n) is 7.75. The maximum atomic E-state index is 12.6. The van der Waals surface area contributed by atoms with Crippen molar-refractivity contribution in [3.8, 4) is 5.69 Å². The lowest BCUT2D eigenvalue weighted by molar-refractivity contribution is 0.102. The molecule has 24 heavy (non-hydrogen) atoms. The molecule has 1 amide bonds. The van der Waals surface area contributed by atoms with E-state index < -0.39 is 0 Å². The van der Waals surface area contributed by atoms with Gasteiger partial charge in [-0.3, -0.25) is 10.1 Å². The minimum absolute atomic E-state index is 0.0848. The Hall–Kier alpha value is -2.61. The topological polar surface area (TPSA) is 85.6 Å². The van der Waals surface area contributed by atoms with Crippen LogP contribution in [0.1, 0.15) is 47.9 Å². The number of hydrogen-bond acceptors (Lipinski definition) is 6. The van der Waals surface area contributed by atoms with Gasteiger partial charge in [-0.2, -0.15) is 0 Å². The molecular weight excluding hydrogens is 324 g/mol. The van der Waals surface area contributed by atoms with Gasteiger partial charge in [0.25, 0.3) is 5.91 Å². The van der Waals surface area contributed by atoms with E-state index in [1.54, 1.807) is 4.68 Å². The molecule has 0 radical (unpaired) electrons. The standard InChI is InChI=1S/C16H18N6OS/c1-4-12-18-20-16(24-12)17-15(23)13-14(10(2)3)22(21-19-13)11-8-6-5-7-9-11/h5-10H,4H2,1-3H3,(H,17,20,23). The average Bonchev–Trinajstić information content (AvgIpc) is 3.22. The Labute approximate surface area is 143 Å². The Morgan fingerprint density at radius 1 is 1.21 bits per heavy atom. The molecule has 3 rings (SSSR count). The summed E-state index contributed by atoms with van der Waals surface area (Å²) in [5.74, 6) is -0.235. The zero-order valence-electron chi connectivity index (χ0n) is 13.7. The second-order valence-electron chi connectivity index (χ2n) is 5.53. The van der Waals surface area contributed by atoms with Crippen LogP contribution in [0.2, 0.25) is 0 Å². The smallest absolute Gasteiger partial charge is 0.279 e. The molecule has 1 aromatic carbocycles. The van der Waals surface area contributed by atoms with Crippen LogP contribution in [0.4, 0.5) is 5.13 Å². The van der Waals surface area contributed by atoms with Crippen LogP contribution in [0.3, 0.4) is 0 Å². The van der Waals surface area contributed by atoms with Crippen molar-refractivity contribution < 1.29 is 4.79 Å². The fourth-order valence-electron chi connectivity index (χ4n) is 2.33. The summed E-state index contributed by atoms with van der Waals surface area (Å²) in [7, 11) is 0. The fraction of sp³-hybridized carbons (Fsp3) is 0.312. The molecule has 0 fully saturated rings. The van der Waals surface area contributed by atoms with Gasteiger partial charge in [0.2, 0.25) is 5.13 Å². The highest BCUT2D eigenvalue weighted by Gasteiger charge is 2.23. The number of carbonyl (C=O) groups is 1. The van der Waals surface area contributed by atoms with Crippen molar-refractivity contribution in [3.05, 3.63) is 46.7 Å². The third-order valence-corrected chi connectivity index (χ3v) is 4.44. The predicted molar refractivity (Wildman–Crippen MR) is 92.7 cm³/mol. The van der Waals surface area contributed by atoms with Crippen molar-refractivity contribution in [3.63, 3.8) is 0 Å². The molecule has 0 atom stereocenters. The number of rotatable bonds is 5. The fourth-order valence-corrected chi connectivity index (χ4v) is 3.01. The maximum absolute atomic E-state index is 12.6. The van der Waals surface area contributed by atoms with Crippen molar-refractivity contribution in [2.75, 3.05) is 5.32 Å². The molecule has 0 saturated carbocycles. The largest absolute Gasteiger partial charge is 0.295 e. The number of hydrogen-bond donors (Lipinski definition) is 1. The van der Waals surface area contributed by atoms with E-state index in [2.05, 4.69) is 25.8 Å². The van der Waals surface area contributed by atoms with Gasteiger partial charge < -0.3 is 0 Å². The second-order valence-corrected chi connectivity index (χ2v) is 6.60. The molecule has 3 aromatic rings. The van der Waals surface area contributed by atoms with Crippen LogP contribution in [0.5, 0.6) is 0 Å². The van der Waals surface area contributed by atoms with E-state index in [0.717, 1.165) is 22.8 Å². The number of anilines is 1. The number of nitrogens with zero attached hydrogens (tertiary/aromatic N) is 5. The number of aromatic nitrogens is 5. The molecule has 2 aromatic heterocycles. The molecule has 124 valence electrons. The Morgan fingerprint density at radius 3 is 2.58 bits per heavy atom. The predicted octanol–water partition coefficient (Wildman–Crippen LogP) is 3.06. The summed E-state index contributed by atoms with van der Waals surface area (Å²) in [6, 6.07) is 9.65. The normalized spacial score (nSPS) is 11.0. The van der Waals surface area contributed by atoms with E-state index >= 15 is 0 Å². The van der Waals surface area contributed by atoms with Crippen LogP contribution in [-0.2, 0) is 6.42 Å². The van der Waals surface area contributed by atoms with Crippen molar-refractivity contribution >= 4 is 22.4 Å².